The Morgan fingerprint density at radius 2 is 2.04 bits per heavy atom. The summed E-state index contributed by atoms with van der Waals surface area (Å²) in [4.78, 5) is 17.9. The van der Waals surface area contributed by atoms with Crippen LogP contribution < -0.4 is 10.1 Å². The van der Waals surface area contributed by atoms with E-state index in [-0.39, 0.29) is 11.9 Å². The molecule has 0 saturated carbocycles. The van der Waals surface area contributed by atoms with Crippen molar-refractivity contribution in [1.82, 2.24) is 10.3 Å². The molecule has 3 aromatic rings. The first-order chi connectivity index (χ1) is 11.2. The SMILES string of the molecule is COc1ccccc1[C@@H](C)NC(=O)c1csc(-c2cccs2)n1. The monoisotopic (exact) mass is 344 g/mol. The van der Waals surface area contributed by atoms with E-state index in [2.05, 4.69) is 10.3 Å². The topological polar surface area (TPSA) is 51.2 Å². The Morgan fingerprint density at radius 1 is 1.22 bits per heavy atom. The summed E-state index contributed by atoms with van der Waals surface area (Å²) in [7, 11) is 1.63. The average Bonchev–Trinajstić information content (AvgIpc) is 3.25. The van der Waals surface area contributed by atoms with Crippen molar-refractivity contribution in [3.8, 4) is 15.6 Å². The minimum Gasteiger partial charge on any atom is -0.496 e. The molecular weight excluding hydrogens is 328 g/mol. The molecule has 0 spiro atoms. The predicted octanol–water partition coefficient (Wildman–Crippen LogP) is 4.37. The molecule has 23 heavy (non-hydrogen) atoms. The van der Waals surface area contributed by atoms with Gasteiger partial charge in [-0.25, -0.2) is 4.98 Å². The van der Waals surface area contributed by atoms with Crippen LogP contribution in [-0.2, 0) is 0 Å². The van der Waals surface area contributed by atoms with Gasteiger partial charge in [0, 0.05) is 10.9 Å². The van der Waals surface area contributed by atoms with E-state index in [4.69, 9.17) is 4.74 Å². The molecule has 4 nitrogen and oxygen atoms in total. The van der Waals surface area contributed by atoms with Crippen molar-refractivity contribution in [2.75, 3.05) is 7.11 Å². The molecule has 3 rings (SSSR count). The number of aromatic nitrogens is 1. The van der Waals surface area contributed by atoms with Crippen LogP contribution in [0.25, 0.3) is 9.88 Å². The number of carbonyl (C=O) groups is 1. The predicted molar refractivity (Wildman–Crippen MR) is 94.3 cm³/mol. The van der Waals surface area contributed by atoms with Gasteiger partial charge in [-0.3, -0.25) is 4.79 Å². The third kappa shape index (κ3) is 3.43. The highest BCUT2D eigenvalue weighted by molar-refractivity contribution is 7.20. The summed E-state index contributed by atoms with van der Waals surface area (Å²) in [6.07, 6.45) is 0. The first-order valence-corrected chi connectivity index (χ1v) is 8.88. The summed E-state index contributed by atoms with van der Waals surface area (Å²) in [6, 6.07) is 11.5. The zero-order valence-corrected chi connectivity index (χ0v) is 14.4. The van der Waals surface area contributed by atoms with E-state index in [0.717, 1.165) is 21.2 Å². The third-order valence-electron chi connectivity index (χ3n) is 3.42. The lowest BCUT2D eigenvalue weighted by atomic mass is 10.1. The molecule has 2 heterocycles. The van der Waals surface area contributed by atoms with Crippen LogP contribution in [0.1, 0.15) is 29.0 Å². The Morgan fingerprint density at radius 3 is 2.78 bits per heavy atom. The Labute approximate surface area is 142 Å². The number of nitrogens with zero attached hydrogens (tertiary/aromatic N) is 1. The molecule has 0 aliphatic heterocycles. The number of hydrogen-bond acceptors (Lipinski definition) is 5. The van der Waals surface area contributed by atoms with Gasteiger partial charge in [-0.15, -0.1) is 22.7 Å². The molecule has 0 radical (unpaired) electrons. The maximum atomic E-state index is 12.4. The van der Waals surface area contributed by atoms with Crippen molar-refractivity contribution >= 4 is 28.6 Å². The summed E-state index contributed by atoms with van der Waals surface area (Å²) >= 11 is 3.10. The number of amides is 1. The van der Waals surface area contributed by atoms with Crippen LogP contribution in [0.2, 0.25) is 0 Å². The highest BCUT2D eigenvalue weighted by atomic mass is 32.1. The van der Waals surface area contributed by atoms with Crippen LogP contribution in [0.5, 0.6) is 5.75 Å². The van der Waals surface area contributed by atoms with E-state index in [1.165, 1.54) is 11.3 Å². The van der Waals surface area contributed by atoms with Crippen molar-refractivity contribution in [3.63, 3.8) is 0 Å². The molecule has 1 aromatic carbocycles. The summed E-state index contributed by atoms with van der Waals surface area (Å²) in [5.74, 6) is 0.584. The maximum absolute atomic E-state index is 12.4. The zero-order valence-electron chi connectivity index (χ0n) is 12.8. The lowest BCUT2D eigenvalue weighted by molar-refractivity contribution is 0.0935. The van der Waals surface area contributed by atoms with E-state index in [0.29, 0.717) is 5.69 Å². The molecule has 0 fully saturated rings. The van der Waals surface area contributed by atoms with E-state index < -0.39 is 0 Å². The minimum atomic E-state index is -0.178. The van der Waals surface area contributed by atoms with Gasteiger partial charge >= 0.3 is 0 Å². The fraction of sp³-hybridized carbons (Fsp3) is 0.176. The zero-order chi connectivity index (χ0) is 16.2. The van der Waals surface area contributed by atoms with Gasteiger partial charge in [0.1, 0.15) is 16.5 Å². The fourth-order valence-electron chi connectivity index (χ4n) is 2.26. The largest absolute Gasteiger partial charge is 0.496 e. The summed E-state index contributed by atoms with van der Waals surface area (Å²) in [5.41, 5.74) is 1.39. The second-order valence-corrected chi connectivity index (χ2v) is 6.76. The quantitative estimate of drug-likeness (QED) is 0.748. The van der Waals surface area contributed by atoms with Crippen LogP contribution in [0.15, 0.2) is 47.2 Å². The molecule has 1 amide bonds. The number of benzene rings is 1. The highest BCUT2D eigenvalue weighted by Gasteiger charge is 2.17. The first kappa shape index (κ1) is 15.7. The lowest BCUT2D eigenvalue weighted by Crippen LogP contribution is -2.27. The van der Waals surface area contributed by atoms with Gasteiger partial charge in [-0.2, -0.15) is 0 Å². The van der Waals surface area contributed by atoms with E-state index in [1.807, 2.05) is 48.7 Å². The van der Waals surface area contributed by atoms with Crippen LogP contribution in [0, 0.1) is 0 Å². The Balaban J connectivity index is 1.74. The molecule has 0 aliphatic rings. The van der Waals surface area contributed by atoms with Gasteiger partial charge in [-0.05, 0) is 24.4 Å². The van der Waals surface area contributed by atoms with E-state index >= 15 is 0 Å². The third-order valence-corrected chi connectivity index (χ3v) is 5.30. The number of rotatable bonds is 5. The van der Waals surface area contributed by atoms with Crippen molar-refractivity contribution in [2.24, 2.45) is 0 Å². The molecule has 1 atom stereocenters. The molecule has 2 aromatic heterocycles. The van der Waals surface area contributed by atoms with E-state index in [1.54, 1.807) is 23.8 Å². The molecule has 118 valence electrons. The molecule has 0 unspecified atom stereocenters. The Bertz CT molecular complexity index is 797. The first-order valence-electron chi connectivity index (χ1n) is 7.12. The number of hydrogen-bond donors (Lipinski definition) is 1. The minimum absolute atomic E-state index is 0.162. The highest BCUT2D eigenvalue weighted by Crippen LogP contribution is 2.28. The second kappa shape index (κ2) is 6.93. The fourth-order valence-corrected chi connectivity index (χ4v) is 3.88. The number of ether oxygens (including phenoxy) is 1. The Hall–Kier alpha value is -2.18. The number of thiophene rings is 1. The average molecular weight is 344 g/mol. The van der Waals surface area contributed by atoms with Gasteiger partial charge in [0.05, 0.1) is 18.0 Å². The smallest absolute Gasteiger partial charge is 0.271 e. The summed E-state index contributed by atoms with van der Waals surface area (Å²) < 4.78 is 5.34. The number of methoxy groups -OCH3 is 1. The van der Waals surface area contributed by atoms with Gasteiger partial charge in [0.15, 0.2) is 0 Å². The van der Waals surface area contributed by atoms with Gasteiger partial charge in [-0.1, -0.05) is 24.3 Å². The van der Waals surface area contributed by atoms with Crippen LogP contribution >= 0.6 is 22.7 Å². The molecular formula is C17H16N2O2S2. The Kier molecular flexibility index (Phi) is 4.73. The number of carbonyl (C=O) groups excluding carboxylic acids is 1. The number of nitrogens with one attached hydrogen (secondary N) is 1. The molecule has 1 N–H and O–H groups in total. The number of para-hydroxylation sites is 1. The summed E-state index contributed by atoms with van der Waals surface area (Å²) in [6.45, 7) is 1.93. The van der Waals surface area contributed by atoms with Gasteiger partial charge < -0.3 is 10.1 Å². The second-order valence-electron chi connectivity index (χ2n) is 4.95. The normalized spacial score (nSPS) is 11.9. The van der Waals surface area contributed by atoms with Crippen molar-refractivity contribution in [3.05, 3.63) is 58.4 Å². The molecule has 0 saturated heterocycles. The van der Waals surface area contributed by atoms with Gasteiger partial charge in [0.2, 0.25) is 0 Å². The van der Waals surface area contributed by atoms with Crippen LogP contribution in [0.4, 0.5) is 0 Å². The van der Waals surface area contributed by atoms with Crippen molar-refractivity contribution in [2.45, 2.75) is 13.0 Å². The molecule has 0 bridgehead atoms. The summed E-state index contributed by atoms with van der Waals surface area (Å²) in [5, 5.41) is 7.64. The maximum Gasteiger partial charge on any atom is 0.271 e. The van der Waals surface area contributed by atoms with Crippen molar-refractivity contribution < 1.29 is 9.53 Å². The van der Waals surface area contributed by atoms with Crippen molar-refractivity contribution in [1.29, 1.82) is 0 Å². The standard InChI is InChI=1S/C17H16N2O2S2/c1-11(12-6-3-4-7-14(12)21-2)18-16(20)13-10-23-17(19-13)15-8-5-9-22-15/h3-11H,1-2H3,(H,18,20)/t11-/m1/s1. The van der Waals surface area contributed by atoms with Crippen LogP contribution in [-0.4, -0.2) is 18.0 Å². The molecule has 6 heteroatoms. The van der Waals surface area contributed by atoms with Gasteiger partial charge in [0.25, 0.3) is 5.91 Å². The molecule has 0 aliphatic carbocycles. The number of thiazole rings is 1. The van der Waals surface area contributed by atoms with E-state index in [9.17, 15) is 4.79 Å². The van der Waals surface area contributed by atoms with Crippen LogP contribution in [0.3, 0.4) is 0 Å². The lowest BCUT2D eigenvalue weighted by Gasteiger charge is -2.16.